The molecule has 2 aromatic carbocycles. The molecule has 0 aliphatic rings. The summed E-state index contributed by atoms with van der Waals surface area (Å²) < 4.78 is 3.40. The van der Waals surface area contributed by atoms with Crippen LogP contribution in [-0.4, -0.2) is 26.3 Å². The first-order valence-electron chi connectivity index (χ1n) is 10.4. The van der Waals surface area contributed by atoms with Gasteiger partial charge in [0.15, 0.2) is 9.99 Å². The highest BCUT2D eigenvalue weighted by Crippen LogP contribution is 2.25. The van der Waals surface area contributed by atoms with E-state index >= 15 is 0 Å². The lowest BCUT2D eigenvalue weighted by Gasteiger charge is -2.12. The summed E-state index contributed by atoms with van der Waals surface area (Å²) in [6.45, 7) is 6.11. The molecule has 170 valence electrons. The Balaban J connectivity index is 1.72. The van der Waals surface area contributed by atoms with E-state index in [1.165, 1.54) is 33.2 Å². The van der Waals surface area contributed by atoms with Gasteiger partial charge in [0.1, 0.15) is 11.2 Å². The summed E-state index contributed by atoms with van der Waals surface area (Å²) >= 11 is 2.62. The number of carbonyl (C=O) groups excluding carboxylic acids is 1. The van der Waals surface area contributed by atoms with Crippen LogP contribution in [0.5, 0.6) is 0 Å². The number of rotatable bonds is 6. The summed E-state index contributed by atoms with van der Waals surface area (Å²) in [4.78, 5) is 43.8. The van der Waals surface area contributed by atoms with E-state index in [-0.39, 0.29) is 18.1 Å². The number of carbonyl (C=O) groups is 1. The van der Waals surface area contributed by atoms with E-state index in [2.05, 4.69) is 10.3 Å². The number of amides is 1. The molecule has 33 heavy (non-hydrogen) atoms. The highest BCUT2D eigenvalue weighted by molar-refractivity contribution is 8.00. The van der Waals surface area contributed by atoms with Crippen molar-refractivity contribution in [3.8, 4) is 5.69 Å². The summed E-state index contributed by atoms with van der Waals surface area (Å²) in [5.41, 5.74) is 4.01. The maximum atomic E-state index is 13.4. The maximum Gasteiger partial charge on any atom is 0.337 e. The standard InChI is InChI=1S/C24H24N4O3S2/c1-14-5-9-18(10-6-14)28-22(30)20-21(26-23(32-4)33-20)27(24(28)31)13-19(29)25-12-17-8-7-15(2)16(3)11-17/h5-11H,12-13H2,1-4H3,(H,25,29). The van der Waals surface area contributed by atoms with Gasteiger partial charge in [-0.2, -0.15) is 0 Å². The number of benzene rings is 2. The van der Waals surface area contributed by atoms with Crippen molar-refractivity contribution in [3.63, 3.8) is 0 Å². The second kappa shape index (κ2) is 9.36. The molecule has 1 amide bonds. The summed E-state index contributed by atoms with van der Waals surface area (Å²) in [5, 5.41) is 2.87. The van der Waals surface area contributed by atoms with E-state index in [9.17, 15) is 14.4 Å². The smallest absolute Gasteiger partial charge is 0.337 e. The molecule has 4 aromatic rings. The second-order valence-corrected chi connectivity index (χ2v) is 9.93. The zero-order valence-electron chi connectivity index (χ0n) is 18.8. The van der Waals surface area contributed by atoms with Crippen molar-refractivity contribution in [2.75, 3.05) is 6.26 Å². The largest absolute Gasteiger partial charge is 0.350 e. The number of thiazole rings is 1. The van der Waals surface area contributed by atoms with Crippen LogP contribution < -0.4 is 16.6 Å². The van der Waals surface area contributed by atoms with E-state index in [0.29, 0.717) is 21.3 Å². The lowest BCUT2D eigenvalue weighted by Crippen LogP contribution is -2.41. The van der Waals surface area contributed by atoms with Gasteiger partial charge in [0, 0.05) is 6.54 Å². The van der Waals surface area contributed by atoms with Gasteiger partial charge in [-0.1, -0.05) is 47.7 Å². The Labute approximate surface area is 199 Å². The molecule has 0 bridgehead atoms. The molecular formula is C24H24N4O3S2. The fraction of sp³-hybridized carbons (Fsp3) is 0.250. The molecule has 0 radical (unpaired) electrons. The van der Waals surface area contributed by atoms with Gasteiger partial charge in [0.05, 0.1) is 5.69 Å². The summed E-state index contributed by atoms with van der Waals surface area (Å²) in [6, 6.07) is 13.1. The predicted molar refractivity (Wildman–Crippen MR) is 134 cm³/mol. The first kappa shape index (κ1) is 23.0. The number of aryl methyl sites for hydroxylation is 3. The molecule has 0 spiro atoms. The van der Waals surface area contributed by atoms with Crippen molar-refractivity contribution in [1.82, 2.24) is 19.4 Å². The molecule has 0 aliphatic carbocycles. The van der Waals surface area contributed by atoms with Crippen LogP contribution in [0.15, 0.2) is 56.4 Å². The number of aromatic nitrogens is 3. The van der Waals surface area contributed by atoms with E-state index in [4.69, 9.17) is 0 Å². The summed E-state index contributed by atoms with van der Waals surface area (Å²) in [6.07, 6.45) is 1.86. The molecule has 0 aliphatic heterocycles. The summed E-state index contributed by atoms with van der Waals surface area (Å²) in [7, 11) is 0. The number of fused-ring (bicyclic) bond motifs is 1. The number of hydrogen-bond donors (Lipinski definition) is 1. The molecule has 0 unspecified atom stereocenters. The van der Waals surface area contributed by atoms with Gasteiger partial charge in [-0.25, -0.2) is 14.3 Å². The Bertz CT molecular complexity index is 1470. The highest BCUT2D eigenvalue weighted by Gasteiger charge is 2.20. The first-order valence-corrected chi connectivity index (χ1v) is 12.4. The average molecular weight is 481 g/mol. The molecule has 2 heterocycles. The third-order valence-corrected chi connectivity index (χ3v) is 7.51. The van der Waals surface area contributed by atoms with Crippen molar-refractivity contribution < 1.29 is 4.79 Å². The Morgan fingerprint density at radius 1 is 1.06 bits per heavy atom. The van der Waals surface area contributed by atoms with Crippen LogP contribution in [0, 0.1) is 20.8 Å². The molecule has 0 saturated carbocycles. The van der Waals surface area contributed by atoms with Crippen LogP contribution in [-0.2, 0) is 17.9 Å². The Kier molecular flexibility index (Phi) is 6.53. The van der Waals surface area contributed by atoms with Gasteiger partial charge in [0.25, 0.3) is 5.56 Å². The highest BCUT2D eigenvalue weighted by atomic mass is 32.2. The van der Waals surface area contributed by atoms with Crippen molar-refractivity contribution in [2.45, 2.75) is 38.2 Å². The molecule has 0 fully saturated rings. The molecule has 0 atom stereocenters. The second-order valence-electron chi connectivity index (χ2n) is 7.88. The minimum absolute atomic E-state index is 0.232. The fourth-order valence-electron chi connectivity index (χ4n) is 3.48. The zero-order valence-corrected chi connectivity index (χ0v) is 20.5. The molecule has 9 heteroatoms. The quantitative estimate of drug-likeness (QED) is 0.427. The normalized spacial score (nSPS) is 11.2. The number of thioether (sulfide) groups is 1. The van der Waals surface area contributed by atoms with E-state index in [1.54, 1.807) is 12.1 Å². The lowest BCUT2D eigenvalue weighted by atomic mass is 10.1. The molecule has 0 saturated heterocycles. The zero-order chi connectivity index (χ0) is 23.7. The Morgan fingerprint density at radius 2 is 1.79 bits per heavy atom. The Hall–Kier alpha value is -3.17. The molecule has 7 nitrogen and oxygen atoms in total. The van der Waals surface area contributed by atoms with Crippen molar-refractivity contribution in [2.24, 2.45) is 0 Å². The first-order chi connectivity index (χ1) is 15.8. The maximum absolute atomic E-state index is 13.4. The van der Waals surface area contributed by atoms with Crippen molar-refractivity contribution in [1.29, 1.82) is 0 Å². The predicted octanol–water partition coefficient (Wildman–Crippen LogP) is 3.57. The molecule has 2 aromatic heterocycles. The summed E-state index contributed by atoms with van der Waals surface area (Å²) in [5.74, 6) is -0.329. The van der Waals surface area contributed by atoms with Crippen LogP contribution in [0.2, 0.25) is 0 Å². The van der Waals surface area contributed by atoms with Gasteiger partial charge in [-0.05, 0) is 55.9 Å². The SMILES string of the molecule is CSc1nc2c(s1)c(=O)n(-c1ccc(C)cc1)c(=O)n2CC(=O)NCc1ccc(C)c(C)c1. The van der Waals surface area contributed by atoms with Crippen molar-refractivity contribution >= 4 is 39.4 Å². The van der Waals surface area contributed by atoms with E-state index in [1.807, 2.05) is 57.4 Å². The van der Waals surface area contributed by atoms with Gasteiger partial charge in [-0.3, -0.25) is 14.2 Å². The molecular weight excluding hydrogens is 456 g/mol. The minimum atomic E-state index is -0.587. The van der Waals surface area contributed by atoms with Crippen LogP contribution in [0.3, 0.4) is 0 Å². The van der Waals surface area contributed by atoms with Gasteiger partial charge in [0.2, 0.25) is 5.91 Å². The van der Waals surface area contributed by atoms with Gasteiger partial charge in [-0.15, -0.1) is 11.3 Å². The van der Waals surface area contributed by atoms with Crippen LogP contribution in [0.4, 0.5) is 0 Å². The van der Waals surface area contributed by atoms with E-state index in [0.717, 1.165) is 21.3 Å². The topological polar surface area (TPSA) is 86.0 Å². The Morgan fingerprint density at radius 3 is 2.45 bits per heavy atom. The van der Waals surface area contributed by atoms with E-state index < -0.39 is 11.2 Å². The van der Waals surface area contributed by atoms with Crippen molar-refractivity contribution in [3.05, 3.63) is 85.6 Å². The van der Waals surface area contributed by atoms with Gasteiger partial charge >= 0.3 is 5.69 Å². The monoisotopic (exact) mass is 480 g/mol. The third kappa shape index (κ3) is 4.65. The third-order valence-electron chi connectivity index (χ3n) is 5.49. The number of hydrogen-bond acceptors (Lipinski definition) is 6. The van der Waals surface area contributed by atoms with Crippen LogP contribution in [0.1, 0.15) is 22.3 Å². The molecule has 4 rings (SSSR count). The fourth-order valence-corrected chi connectivity index (χ4v) is 4.97. The lowest BCUT2D eigenvalue weighted by molar-refractivity contribution is -0.121. The van der Waals surface area contributed by atoms with Crippen LogP contribution >= 0.6 is 23.1 Å². The molecule has 1 N–H and O–H groups in total. The average Bonchev–Trinajstić information content (AvgIpc) is 3.24. The number of nitrogens with one attached hydrogen (secondary N) is 1. The van der Waals surface area contributed by atoms with Crippen LogP contribution in [0.25, 0.3) is 16.0 Å². The van der Waals surface area contributed by atoms with Gasteiger partial charge < -0.3 is 5.32 Å². The minimum Gasteiger partial charge on any atom is -0.350 e. The number of nitrogens with zero attached hydrogens (tertiary/aromatic N) is 3.